The van der Waals surface area contributed by atoms with Gasteiger partial charge in [0.25, 0.3) is 0 Å². The minimum atomic E-state index is -0.413. The molecule has 2 aliphatic carbocycles. The van der Waals surface area contributed by atoms with Crippen molar-refractivity contribution in [3.63, 3.8) is 0 Å². The minimum absolute atomic E-state index is 0.343. The number of hydrogen-bond donors (Lipinski definition) is 1. The lowest BCUT2D eigenvalue weighted by atomic mass is 9.98. The molecule has 2 fully saturated rings. The van der Waals surface area contributed by atoms with Crippen LogP contribution in [0.5, 0.6) is 0 Å². The molecule has 90 valence electrons. The highest BCUT2D eigenvalue weighted by Gasteiger charge is 2.41. The van der Waals surface area contributed by atoms with Crippen LogP contribution < -0.4 is 0 Å². The monoisotopic (exact) mass is 216 g/mol. The van der Waals surface area contributed by atoms with Gasteiger partial charge in [-0.3, -0.25) is 0 Å². The van der Waals surface area contributed by atoms with Gasteiger partial charge in [0.05, 0.1) is 6.10 Å². The fourth-order valence-electron chi connectivity index (χ4n) is 2.74. The van der Waals surface area contributed by atoms with Crippen molar-refractivity contribution in [3.8, 4) is 0 Å². The van der Waals surface area contributed by atoms with Crippen LogP contribution in [-0.2, 0) is 9.62 Å². The summed E-state index contributed by atoms with van der Waals surface area (Å²) in [7, 11) is 0. The van der Waals surface area contributed by atoms with Crippen molar-refractivity contribution >= 4 is 0 Å². The summed E-state index contributed by atoms with van der Waals surface area (Å²) >= 11 is 0. The Labute approximate surface area is 92.7 Å². The Morgan fingerprint density at radius 1 is 1.27 bits per heavy atom. The molecule has 2 bridgehead atoms. The molecule has 0 saturated heterocycles. The van der Waals surface area contributed by atoms with E-state index >= 15 is 0 Å². The third-order valence-corrected chi connectivity index (χ3v) is 3.45. The zero-order valence-electron chi connectivity index (χ0n) is 10.1. The van der Waals surface area contributed by atoms with Gasteiger partial charge in [-0.25, -0.2) is 10.1 Å². The van der Waals surface area contributed by atoms with E-state index in [0.717, 1.165) is 11.8 Å². The normalized spacial score (nSPS) is 34.8. The summed E-state index contributed by atoms with van der Waals surface area (Å²) in [5, 5.41) is 8.53. The van der Waals surface area contributed by atoms with Crippen LogP contribution in [0.3, 0.4) is 0 Å². The van der Waals surface area contributed by atoms with Crippen LogP contribution in [0.25, 0.3) is 0 Å². The lowest BCUT2D eigenvalue weighted by molar-refractivity contribution is -0.356. The van der Waals surface area contributed by atoms with Gasteiger partial charge in [0.2, 0.25) is 0 Å². The highest BCUT2D eigenvalue weighted by molar-refractivity contribution is 4.90. The summed E-state index contributed by atoms with van der Waals surface area (Å²) in [5.74, 6) is 1.61. The Balaban J connectivity index is 0.000000531. The molecule has 4 atom stereocenters. The smallest absolute Gasteiger partial charge is 0.190 e. The van der Waals surface area contributed by atoms with E-state index in [9.17, 15) is 0 Å². The lowest BCUT2D eigenvalue weighted by Gasteiger charge is -2.25. The van der Waals surface area contributed by atoms with Gasteiger partial charge >= 0.3 is 0 Å². The number of ether oxygens (including phenoxy) is 1. The van der Waals surface area contributed by atoms with Crippen molar-refractivity contribution in [1.29, 1.82) is 0 Å². The van der Waals surface area contributed by atoms with Crippen LogP contribution in [0.1, 0.15) is 52.9 Å². The van der Waals surface area contributed by atoms with Crippen LogP contribution in [-0.4, -0.2) is 17.7 Å². The summed E-state index contributed by atoms with van der Waals surface area (Å²) in [5.41, 5.74) is 0. The standard InChI is InChI=1S/C10H18O3.C2H6/c1-2-10(13-11)12-9-6-7-3-4-8(9)5-7;1-2/h7-11H,2-6H2,1H3;1-2H3. The van der Waals surface area contributed by atoms with Crippen molar-refractivity contribution in [2.24, 2.45) is 11.8 Å². The average molecular weight is 216 g/mol. The van der Waals surface area contributed by atoms with Gasteiger partial charge in [-0.2, -0.15) is 0 Å². The summed E-state index contributed by atoms with van der Waals surface area (Å²) in [4.78, 5) is 4.25. The molecule has 1 N–H and O–H groups in total. The maximum Gasteiger partial charge on any atom is 0.190 e. The first-order chi connectivity index (χ1) is 7.33. The van der Waals surface area contributed by atoms with Crippen molar-refractivity contribution in [2.75, 3.05) is 0 Å². The zero-order chi connectivity index (χ0) is 11.3. The van der Waals surface area contributed by atoms with Crippen molar-refractivity contribution < 1.29 is 14.9 Å². The van der Waals surface area contributed by atoms with Crippen LogP contribution >= 0.6 is 0 Å². The molecule has 2 saturated carbocycles. The zero-order valence-corrected chi connectivity index (χ0v) is 10.1. The molecule has 0 aromatic carbocycles. The first-order valence-corrected chi connectivity index (χ1v) is 6.29. The summed E-state index contributed by atoms with van der Waals surface area (Å²) in [6.45, 7) is 5.95. The van der Waals surface area contributed by atoms with Crippen LogP contribution in [0.2, 0.25) is 0 Å². The van der Waals surface area contributed by atoms with E-state index in [2.05, 4.69) is 4.89 Å². The molecule has 0 aliphatic heterocycles. The quantitative estimate of drug-likeness (QED) is 0.444. The Bertz CT molecular complexity index is 168. The molecular weight excluding hydrogens is 192 g/mol. The van der Waals surface area contributed by atoms with E-state index in [1.165, 1.54) is 25.7 Å². The Morgan fingerprint density at radius 3 is 2.40 bits per heavy atom. The number of rotatable bonds is 4. The van der Waals surface area contributed by atoms with E-state index in [1.54, 1.807) is 0 Å². The van der Waals surface area contributed by atoms with Crippen molar-refractivity contribution in [1.82, 2.24) is 0 Å². The fraction of sp³-hybridized carbons (Fsp3) is 1.00. The second kappa shape index (κ2) is 6.46. The predicted molar refractivity (Wildman–Crippen MR) is 59.5 cm³/mol. The number of fused-ring (bicyclic) bond motifs is 2. The van der Waals surface area contributed by atoms with E-state index < -0.39 is 6.29 Å². The second-order valence-corrected chi connectivity index (χ2v) is 4.29. The first-order valence-electron chi connectivity index (χ1n) is 6.29. The van der Waals surface area contributed by atoms with E-state index in [0.29, 0.717) is 12.5 Å². The summed E-state index contributed by atoms with van der Waals surface area (Å²) < 4.78 is 5.67. The van der Waals surface area contributed by atoms with Crippen LogP contribution in [0.4, 0.5) is 0 Å². The van der Waals surface area contributed by atoms with Gasteiger partial charge in [0, 0.05) is 0 Å². The molecule has 2 rings (SSSR count). The first kappa shape index (κ1) is 12.9. The Morgan fingerprint density at radius 2 is 2.00 bits per heavy atom. The molecule has 0 aromatic heterocycles. The van der Waals surface area contributed by atoms with Crippen LogP contribution in [0, 0.1) is 11.8 Å². The minimum Gasteiger partial charge on any atom is -0.346 e. The summed E-state index contributed by atoms with van der Waals surface area (Å²) in [6, 6.07) is 0. The van der Waals surface area contributed by atoms with Gasteiger partial charge in [0.15, 0.2) is 6.29 Å². The molecule has 0 spiro atoms. The highest BCUT2D eigenvalue weighted by atomic mass is 17.1. The molecule has 3 heteroatoms. The van der Waals surface area contributed by atoms with Gasteiger partial charge in [-0.15, -0.1) is 0 Å². The largest absolute Gasteiger partial charge is 0.346 e. The molecule has 15 heavy (non-hydrogen) atoms. The molecular formula is C12H24O3. The predicted octanol–water partition coefficient (Wildman–Crippen LogP) is 3.44. The number of hydrogen-bond acceptors (Lipinski definition) is 3. The molecule has 0 aromatic rings. The molecule has 0 radical (unpaired) electrons. The third kappa shape index (κ3) is 3.16. The Kier molecular flexibility index (Phi) is 5.58. The third-order valence-electron chi connectivity index (χ3n) is 3.45. The molecule has 3 nitrogen and oxygen atoms in total. The van der Waals surface area contributed by atoms with Gasteiger partial charge in [0.1, 0.15) is 0 Å². The van der Waals surface area contributed by atoms with Crippen molar-refractivity contribution in [2.45, 2.75) is 65.3 Å². The van der Waals surface area contributed by atoms with E-state index in [-0.39, 0.29) is 0 Å². The van der Waals surface area contributed by atoms with Gasteiger partial charge < -0.3 is 4.74 Å². The van der Waals surface area contributed by atoms with Gasteiger partial charge in [-0.1, -0.05) is 20.8 Å². The van der Waals surface area contributed by atoms with Gasteiger partial charge in [-0.05, 0) is 43.9 Å². The average Bonchev–Trinajstić information content (AvgIpc) is 2.90. The van der Waals surface area contributed by atoms with Crippen molar-refractivity contribution in [3.05, 3.63) is 0 Å². The lowest BCUT2D eigenvalue weighted by Crippen LogP contribution is -2.27. The second-order valence-electron chi connectivity index (χ2n) is 4.29. The molecule has 2 aliphatic rings. The van der Waals surface area contributed by atoms with E-state index in [4.69, 9.17) is 9.99 Å². The maximum absolute atomic E-state index is 8.53. The summed E-state index contributed by atoms with van der Waals surface area (Å²) in [6.07, 6.45) is 5.82. The molecule has 0 heterocycles. The topological polar surface area (TPSA) is 38.7 Å². The van der Waals surface area contributed by atoms with E-state index in [1.807, 2.05) is 20.8 Å². The maximum atomic E-state index is 8.53. The SMILES string of the molecule is CC.CCC(OO)OC1CC2CCC1C2. The molecule has 0 amide bonds. The Hall–Kier alpha value is -0.120. The fourth-order valence-corrected chi connectivity index (χ4v) is 2.74. The van der Waals surface area contributed by atoms with Crippen LogP contribution in [0.15, 0.2) is 0 Å². The molecule has 4 unspecified atom stereocenters. The highest BCUT2D eigenvalue weighted by Crippen LogP contribution is 2.46.